The van der Waals surface area contributed by atoms with Gasteiger partial charge in [-0.15, -0.1) is 0 Å². The van der Waals surface area contributed by atoms with Crippen molar-refractivity contribution in [3.63, 3.8) is 0 Å². The quantitative estimate of drug-likeness (QED) is 0.601. The average molecular weight is 366 g/mol. The molecule has 5 nitrogen and oxygen atoms in total. The van der Waals surface area contributed by atoms with Gasteiger partial charge < -0.3 is 10.6 Å². The number of nitrogens with zero attached hydrogens (tertiary/aromatic N) is 1. The van der Waals surface area contributed by atoms with Crippen molar-refractivity contribution in [3.8, 4) is 0 Å². The zero-order valence-electron chi connectivity index (χ0n) is 15.6. The van der Waals surface area contributed by atoms with E-state index >= 15 is 0 Å². The van der Waals surface area contributed by atoms with Crippen LogP contribution in [0.5, 0.6) is 0 Å². The Morgan fingerprint density at radius 3 is 2.36 bits per heavy atom. The molecule has 0 atom stereocenters. The van der Waals surface area contributed by atoms with Crippen LogP contribution >= 0.6 is 0 Å². The second-order valence-electron chi connectivity index (χ2n) is 7.03. The van der Waals surface area contributed by atoms with Crippen molar-refractivity contribution in [2.24, 2.45) is 10.9 Å². The SMILES string of the molecule is CCNC(=NCCc1ccc(S(C)(=O)=O)cc1)NC1CCC(C)CC1. The largest absolute Gasteiger partial charge is 0.357 e. The van der Waals surface area contributed by atoms with E-state index in [1.165, 1.54) is 31.9 Å². The van der Waals surface area contributed by atoms with E-state index in [0.29, 0.717) is 17.5 Å². The number of benzene rings is 1. The Bertz CT molecular complexity index is 660. The highest BCUT2D eigenvalue weighted by Gasteiger charge is 2.18. The normalized spacial score (nSPS) is 21.8. The van der Waals surface area contributed by atoms with Crippen molar-refractivity contribution in [1.29, 1.82) is 0 Å². The Labute approximate surface area is 152 Å². The lowest BCUT2D eigenvalue weighted by Gasteiger charge is -2.28. The number of guanidine groups is 1. The van der Waals surface area contributed by atoms with Gasteiger partial charge in [-0.3, -0.25) is 4.99 Å². The number of rotatable bonds is 6. The number of sulfone groups is 1. The number of nitrogens with one attached hydrogen (secondary N) is 2. The van der Waals surface area contributed by atoms with Crippen molar-refractivity contribution in [2.75, 3.05) is 19.3 Å². The summed E-state index contributed by atoms with van der Waals surface area (Å²) in [6.07, 6.45) is 7.00. The summed E-state index contributed by atoms with van der Waals surface area (Å²) in [5.74, 6) is 1.72. The molecular weight excluding hydrogens is 334 g/mol. The molecule has 0 bridgehead atoms. The van der Waals surface area contributed by atoms with Crippen LogP contribution in [0.3, 0.4) is 0 Å². The van der Waals surface area contributed by atoms with Gasteiger partial charge in [0.25, 0.3) is 0 Å². The zero-order chi connectivity index (χ0) is 18.3. The molecule has 2 N–H and O–H groups in total. The van der Waals surface area contributed by atoms with E-state index in [4.69, 9.17) is 0 Å². The number of hydrogen-bond donors (Lipinski definition) is 2. The van der Waals surface area contributed by atoms with E-state index in [9.17, 15) is 8.42 Å². The molecule has 1 saturated carbocycles. The highest BCUT2D eigenvalue weighted by molar-refractivity contribution is 7.90. The third kappa shape index (κ3) is 6.69. The molecule has 140 valence electrons. The summed E-state index contributed by atoms with van der Waals surface area (Å²) in [5.41, 5.74) is 1.10. The molecule has 0 aliphatic heterocycles. The summed E-state index contributed by atoms with van der Waals surface area (Å²) in [5, 5.41) is 6.87. The van der Waals surface area contributed by atoms with Gasteiger partial charge in [-0.25, -0.2) is 8.42 Å². The fourth-order valence-corrected chi connectivity index (χ4v) is 3.75. The van der Waals surface area contributed by atoms with Gasteiger partial charge in [0.2, 0.25) is 0 Å². The fraction of sp³-hybridized carbons (Fsp3) is 0.632. The highest BCUT2D eigenvalue weighted by Crippen LogP contribution is 2.23. The number of aliphatic imine (C=N–C) groups is 1. The molecule has 1 aliphatic rings. The van der Waals surface area contributed by atoms with Crippen LogP contribution in [0.2, 0.25) is 0 Å². The Hall–Kier alpha value is -1.56. The van der Waals surface area contributed by atoms with Gasteiger partial charge in [-0.05, 0) is 62.6 Å². The molecule has 1 aromatic rings. The van der Waals surface area contributed by atoms with Gasteiger partial charge in [0.1, 0.15) is 0 Å². The lowest BCUT2D eigenvalue weighted by atomic mass is 9.87. The third-order valence-corrected chi connectivity index (χ3v) is 5.85. The van der Waals surface area contributed by atoms with Crippen LogP contribution in [0.1, 0.15) is 45.1 Å². The first kappa shape index (κ1) is 19.8. The maximum atomic E-state index is 11.5. The van der Waals surface area contributed by atoms with E-state index in [2.05, 4.69) is 29.5 Å². The van der Waals surface area contributed by atoms with Crippen molar-refractivity contribution in [1.82, 2.24) is 10.6 Å². The van der Waals surface area contributed by atoms with E-state index < -0.39 is 9.84 Å². The minimum absolute atomic E-state index is 0.362. The van der Waals surface area contributed by atoms with E-state index in [1.54, 1.807) is 12.1 Å². The maximum Gasteiger partial charge on any atom is 0.191 e. The Morgan fingerprint density at radius 2 is 1.80 bits per heavy atom. The summed E-state index contributed by atoms with van der Waals surface area (Å²) >= 11 is 0. The Balaban J connectivity index is 1.88. The molecule has 0 spiro atoms. The molecule has 25 heavy (non-hydrogen) atoms. The third-order valence-electron chi connectivity index (χ3n) is 4.72. The second kappa shape index (κ2) is 9.22. The topological polar surface area (TPSA) is 70.6 Å². The molecule has 1 fully saturated rings. The monoisotopic (exact) mass is 365 g/mol. The van der Waals surface area contributed by atoms with Gasteiger partial charge in [-0.1, -0.05) is 19.1 Å². The molecule has 1 aliphatic carbocycles. The minimum atomic E-state index is -3.13. The van der Waals surface area contributed by atoms with E-state index in [0.717, 1.165) is 30.4 Å². The first-order chi connectivity index (χ1) is 11.9. The van der Waals surface area contributed by atoms with Gasteiger partial charge in [0.05, 0.1) is 4.90 Å². The molecule has 0 amide bonds. The standard InChI is InChI=1S/C19H31N3O2S/c1-4-20-19(22-17-9-5-15(2)6-10-17)21-14-13-16-7-11-18(12-8-16)25(3,23)24/h7-8,11-12,15,17H,4-6,9-10,13-14H2,1-3H3,(H2,20,21,22). The van der Waals surface area contributed by atoms with Crippen molar-refractivity contribution < 1.29 is 8.42 Å². The molecule has 0 aromatic heterocycles. The van der Waals surface area contributed by atoms with E-state index in [1.807, 2.05) is 12.1 Å². The highest BCUT2D eigenvalue weighted by atomic mass is 32.2. The molecule has 6 heteroatoms. The predicted molar refractivity (Wildman–Crippen MR) is 104 cm³/mol. The van der Waals surface area contributed by atoms with Gasteiger partial charge >= 0.3 is 0 Å². The second-order valence-corrected chi connectivity index (χ2v) is 9.04. The lowest BCUT2D eigenvalue weighted by Crippen LogP contribution is -2.44. The zero-order valence-corrected chi connectivity index (χ0v) is 16.4. The summed E-state index contributed by atoms with van der Waals surface area (Å²) in [6.45, 7) is 5.92. The fourth-order valence-electron chi connectivity index (χ4n) is 3.12. The number of hydrogen-bond acceptors (Lipinski definition) is 3. The van der Waals surface area contributed by atoms with Crippen molar-refractivity contribution in [2.45, 2.75) is 56.9 Å². The first-order valence-corrected chi connectivity index (χ1v) is 11.1. The van der Waals surface area contributed by atoms with Gasteiger partial charge in [-0.2, -0.15) is 0 Å². The van der Waals surface area contributed by atoms with E-state index in [-0.39, 0.29) is 0 Å². The average Bonchev–Trinajstić information content (AvgIpc) is 2.57. The van der Waals surface area contributed by atoms with Crippen molar-refractivity contribution >= 4 is 15.8 Å². The predicted octanol–water partition coefficient (Wildman–Crippen LogP) is 2.77. The van der Waals surface area contributed by atoms with Crippen LogP contribution < -0.4 is 10.6 Å². The first-order valence-electron chi connectivity index (χ1n) is 9.22. The molecule has 0 heterocycles. The molecule has 0 unspecified atom stereocenters. The lowest BCUT2D eigenvalue weighted by molar-refractivity contribution is 0.329. The van der Waals surface area contributed by atoms with Gasteiger partial charge in [0.15, 0.2) is 15.8 Å². The van der Waals surface area contributed by atoms with Gasteiger partial charge in [0, 0.05) is 25.4 Å². The van der Waals surface area contributed by atoms with Crippen LogP contribution in [0, 0.1) is 5.92 Å². The molecule has 1 aromatic carbocycles. The smallest absolute Gasteiger partial charge is 0.191 e. The molecule has 2 rings (SSSR count). The minimum Gasteiger partial charge on any atom is -0.357 e. The van der Waals surface area contributed by atoms with Crippen LogP contribution in [0.15, 0.2) is 34.2 Å². The molecule has 0 radical (unpaired) electrons. The van der Waals surface area contributed by atoms with Crippen molar-refractivity contribution in [3.05, 3.63) is 29.8 Å². The molecule has 0 saturated heterocycles. The molecular formula is C19H31N3O2S. The van der Waals surface area contributed by atoms with Crippen LogP contribution in [0.25, 0.3) is 0 Å². The summed E-state index contributed by atoms with van der Waals surface area (Å²) in [4.78, 5) is 5.03. The van der Waals surface area contributed by atoms with Crippen LogP contribution in [-0.4, -0.2) is 39.8 Å². The summed E-state index contributed by atoms with van der Waals surface area (Å²) < 4.78 is 23.0. The summed E-state index contributed by atoms with van der Waals surface area (Å²) in [7, 11) is -3.13. The summed E-state index contributed by atoms with van der Waals surface area (Å²) in [6, 6.07) is 7.59. The van der Waals surface area contributed by atoms with Crippen LogP contribution in [0.4, 0.5) is 0 Å². The Kier molecular flexibility index (Phi) is 7.29. The van der Waals surface area contributed by atoms with Crippen LogP contribution in [-0.2, 0) is 16.3 Å². The Morgan fingerprint density at radius 1 is 1.16 bits per heavy atom. The maximum absolute atomic E-state index is 11.5.